The number of benzene rings is 1. The third-order valence-electron chi connectivity index (χ3n) is 4.18. The number of hydrogen-bond donors (Lipinski definition) is 0. The van der Waals surface area contributed by atoms with Gasteiger partial charge in [0.05, 0.1) is 37.1 Å². The van der Waals surface area contributed by atoms with Gasteiger partial charge in [0.15, 0.2) is 0 Å². The molecule has 0 aromatic heterocycles. The molecule has 1 aromatic carbocycles. The van der Waals surface area contributed by atoms with Gasteiger partial charge in [0.1, 0.15) is 0 Å². The van der Waals surface area contributed by atoms with Crippen LogP contribution in [0.15, 0.2) is 0 Å². The fraction of sp³-hybridized carbons (Fsp3) is 0.400. The van der Waals surface area contributed by atoms with E-state index in [0.717, 1.165) is 19.3 Å². The molecule has 1 aliphatic carbocycles. The minimum Gasteiger partial charge on any atom is -0.329 e. The summed E-state index contributed by atoms with van der Waals surface area (Å²) in [6.45, 7) is 0. The first-order valence-corrected chi connectivity index (χ1v) is 8.82. The van der Waals surface area contributed by atoms with Crippen LogP contribution in [0.4, 0.5) is 0 Å². The smallest absolute Gasteiger partial charge is 0.329 e. The van der Waals surface area contributed by atoms with Crippen LogP contribution in [0.1, 0.15) is 52.8 Å². The number of carbonyl (C=O) groups excluding carboxylic acids is 3. The molecular formula is C15H11Cl4NO4. The quantitative estimate of drug-likeness (QED) is 0.393. The highest BCUT2D eigenvalue weighted by Gasteiger charge is 2.45. The van der Waals surface area contributed by atoms with Gasteiger partial charge in [-0.05, 0) is 12.8 Å². The van der Waals surface area contributed by atoms with Gasteiger partial charge in [-0.25, -0.2) is 4.79 Å². The standard InChI is InChI=1S/C15H11Cl4NO4/c16-9-7-8(10(17)12(19)11(9)18)14(22)20(13(7)21)24-15(23)6-4-2-1-3-5-6/h6H,1-5H2. The van der Waals surface area contributed by atoms with Gasteiger partial charge in [-0.2, -0.15) is 0 Å². The van der Waals surface area contributed by atoms with Gasteiger partial charge in [0.25, 0.3) is 11.8 Å². The van der Waals surface area contributed by atoms with Crippen molar-refractivity contribution < 1.29 is 19.2 Å². The molecule has 5 nitrogen and oxygen atoms in total. The first kappa shape index (κ1) is 17.8. The van der Waals surface area contributed by atoms with Gasteiger partial charge in [-0.3, -0.25) is 9.59 Å². The number of nitrogens with zero attached hydrogens (tertiary/aromatic N) is 1. The lowest BCUT2D eigenvalue weighted by atomic mass is 9.89. The second kappa shape index (κ2) is 6.71. The van der Waals surface area contributed by atoms with Crippen molar-refractivity contribution in [2.75, 3.05) is 0 Å². The summed E-state index contributed by atoms with van der Waals surface area (Å²) < 4.78 is 0. The van der Waals surface area contributed by atoms with Crippen LogP contribution in [0.25, 0.3) is 0 Å². The van der Waals surface area contributed by atoms with Crippen molar-refractivity contribution >= 4 is 64.2 Å². The first-order chi connectivity index (χ1) is 11.3. The highest BCUT2D eigenvalue weighted by atomic mass is 35.5. The predicted molar refractivity (Wildman–Crippen MR) is 89.6 cm³/mol. The molecule has 2 aliphatic rings. The Bertz CT molecular complexity index is 712. The summed E-state index contributed by atoms with van der Waals surface area (Å²) in [5, 5.41) is -0.287. The van der Waals surface area contributed by atoms with Crippen molar-refractivity contribution in [3.05, 3.63) is 31.2 Å². The highest BCUT2D eigenvalue weighted by Crippen LogP contribution is 2.45. The Kier molecular flexibility index (Phi) is 4.98. The van der Waals surface area contributed by atoms with Crippen LogP contribution >= 0.6 is 46.4 Å². The maximum atomic E-state index is 12.4. The fourth-order valence-corrected chi connectivity index (χ4v) is 3.93. The van der Waals surface area contributed by atoms with Crippen LogP contribution in [-0.2, 0) is 9.63 Å². The Morgan fingerprint density at radius 2 is 1.29 bits per heavy atom. The number of imide groups is 1. The molecule has 0 spiro atoms. The zero-order valence-corrected chi connectivity index (χ0v) is 15.2. The summed E-state index contributed by atoms with van der Waals surface area (Å²) in [4.78, 5) is 42.1. The van der Waals surface area contributed by atoms with E-state index in [9.17, 15) is 14.4 Å². The zero-order valence-electron chi connectivity index (χ0n) is 12.2. The van der Waals surface area contributed by atoms with Gasteiger partial charge in [0.2, 0.25) is 0 Å². The summed E-state index contributed by atoms with van der Waals surface area (Å²) >= 11 is 23.9. The largest absolute Gasteiger partial charge is 0.336 e. The molecule has 24 heavy (non-hydrogen) atoms. The molecule has 9 heteroatoms. The summed E-state index contributed by atoms with van der Waals surface area (Å²) in [6, 6.07) is 0. The molecule has 1 heterocycles. The number of hydrogen-bond acceptors (Lipinski definition) is 4. The highest BCUT2D eigenvalue weighted by molar-refractivity contribution is 6.55. The van der Waals surface area contributed by atoms with E-state index < -0.39 is 17.8 Å². The van der Waals surface area contributed by atoms with Crippen LogP contribution in [-0.4, -0.2) is 22.8 Å². The van der Waals surface area contributed by atoms with Crippen molar-refractivity contribution in [3.8, 4) is 0 Å². The van der Waals surface area contributed by atoms with Crippen molar-refractivity contribution in [3.63, 3.8) is 0 Å². The van der Waals surface area contributed by atoms with Crippen molar-refractivity contribution in [2.45, 2.75) is 32.1 Å². The SMILES string of the molecule is O=C(ON1C(=O)c2c(Cl)c(Cl)c(Cl)c(Cl)c2C1=O)C1CCCCC1. The number of fused-ring (bicyclic) bond motifs is 1. The molecule has 128 valence electrons. The second-order valence-electron chi connectivity index (χ2n) is 5.66. The molecule has 0 unspecified atom stereocenters. The molecule has 0 radical (unpaired) electrons. The van der Waals surface area contributed by atoms with Gasteiger partial charge in [-0.1, -0.05) is 70.7 Å². The maximum absolute atomic E-state index is 12.4. The number of rotatable bonds is 2. The molecule has 1 fully saturated rings. The minimum atomic E-state index is -0.885. The van der Waals surface area contributed by atoms with Crippen molar-refractivity contribution in [1.82, 2.24) is 5.06 Å². The molecule has 0 N–H and O–H groups in total. The van der Waals surface area contributed by atoms with Crippen LogP contribution in [0.2, 0.25) is 20.1 Å². The van der Waals surface area contributed by atoms with Crippen LogP contribution < -0.4 is 0 Å². The van der Waals surface area contributed by atoms with E-state index in [-0.39, 0.29) is 37.1 Å². The topological polar surface area (TPSA) is 63.7 Å². The fourth-order valence-electron chi connectivity index (χ4n) is 2.91. The van der Waals surface area contributed by atoms with E-state index >= 15 is 0 Å². The van der Waals surface area contributed by atoms with Crippen molar-refractivity contribution in [2.24, 2.45) is 5.92 Å². The monoisotopic (exact) mass is 409 g/mol. The Balaban J connectivity index is 1.91. The van der Waals surface area contributed by atoms with Crippen LogP contribution in [0, 0.1) is 5.92 Å². The van der Waals surface area contributed by atoms with Gasteiger partial charge < -0.3 is 4.84 Å². The van der Waals surface area contributed by atoms with E-state index in [1.54, 1.807) is 0 Å². The maximum Gasteiger partial charge on any atom is 0.336 e. The van der Waals surface area contributed by atoms with Gasteiger partial charge in [-0.15, -0.1) is 0 Å². The molecule has 1 aromatic rings. The molecule has 1 saturated carbocycles. The third-order valence-corrected chi connectivity index (χ3v) is 5.99. The van der Waals surface area contributed by atoms with Crippen LogP contribution in [0.5, 0.6) is 0 Å². The third kappa shape index (κ3) is 2.77. The number of amides is 2. The Morgan fingerprint density at radius 3 is 1.75 bits per heavy atom. The van der Waals surface area contributed by atoms with E-state index in [4.69, 9.17) is 51.2 Å². The molecule has 0 bridgehead atoms. The average Bonchev–Trinajstić information content (AvgIpc) is 2.83. The minimum absolute atomic E-state index is 0.135. The molecular weight excluding hydrogens is 400 g/mol. The average molecular weight is 411 g/mol. The predicted octanol–water partition coefficient (Wildman–Crippen LogP) is 4.93. The lowest BCUT2D eigenvalue weighted by Gasteiger charge is -2.21. The second-order valence-corrected chi connectivity index (χ2v) is 7.17. The zero-order chi connectivity index (χ0) is 17.6. The Hall–Kier alpha value is -1.01. The molecule has 0 saturated heterocycles. The lowest BCUT2D eigenvalue weighted by Crippen LogP contribution is -2.35. The normalized spacial score (nSPS) is 18.1. The van der Waals surface area contributed by atoms with E-state index in [2.05, 4.69) is 0 Å². The van der Waals surface area contributed by atoms with Crippen LogP contribution in [0.3, 0.4) is 0 Å². The van der Waals surface area contributed by atoms with Crippen molar-refractivity contribution in [1.29, 1.82) is 0 Å². The molecule has 2 amide bonds. The number of halogens is 4. The molecule has 3 rings (SSSR count). The summed E-state index contributed by atoms with van der Waals surface area (Å²) in [5.74, 6) is -2.72. The lowest BCUT2D eigenvalue weighted by molar-refractivity contribution is -0.174. The first-order valence-electron chi connectivity index (χ1n) is 7.31. The van der Waals surface area contributed by atoms with E-state index in [1.807, 2.05) is 0 Å². The summed E-state index contributed by atoms with van der Waals surface area (Å²) in [6.07, 6.45) is 4.21. The Labute approximate surface area is 157 Å². The van der Waals surface area contributed by atoms with E-state index in [0.29, 0.717) is 17.9 Å². The number of hydroxylamine groups is 2. The number of carbonyl (C=O) groups is 3. The Morgan fingerprint density at radius 1 is 0.833 bits per heavy atom. The molecule has 1 aliphatic heterocycles. The molecule has 0 atom stereocenters. The summed E-state index contributed by atoms with van der Waals surface area (Å²) in [7, 11) is 0. The van der Waals surface area contributed by atoms with E-state index in [1.165, 1.54) is 0 Å². The van der Waals surface area contributed by atoms with Gasteiger partial charge >= 0.3 is 5.97 Å². The summed E-state index contributed by atoms with van der Waals surface area (Å²) in [5.41, 5.74) is -0.421. The van der Waals surface area contributed by atoms with Gasteiger partial charge in [0, 0.05) is 0 Å².